The molecule has 0 fully saturated rings. The van der Waals surface area contributed by atoms with Crippen molar-refractivity contribution in [3.05, 3.63) is 69.3 Å². The Balaban J connectivity index is 1.80. The molecule has 2 aromatic rings. The van der Waals surface area contributed by atoms with Gasteiger partial charge in [0, 0.05) is 24.3 Å². The maximum absolute atomic E-state index is 13.2. The lowest BCUT2D eigenvalue weighted by atomic mass is 10.1. The highest BCUT2D eigenvalue weighted by Crippen LogP contribution is 2.39. The van der Waals surface area contributed by atoms with Gasteiger partial charge in [0.05, 0.1) is 4.92 Å². The van der Waals surface area contributed by atoms with E-state index in [9.17, 15) is 33.2 Å². The van der Waals surface area contributed by atoms with E-state index in [2.05, 4.69) is 5.10 Å². The van der Waals surface area contributed by atoms with Gasteiger partial charge in [0.15, 0.2) is 5.75 Å². The summed E-state index contributed by atoms with van der Waals surface area (Å²) >= 11 is 0. The molecule has 158 valence electrons. The van der Waals surface area contributed by atoms with Crippen LogP contribution in [-0.4, -0.2) is 39.1 Å². The number of carbonyl (C=O) groups is 1. The molecule has 1 aliphatic rings. The lowest BCUT2D eigenvalue weighted by molar-refractivity contribution is -0.386. The fraction of sp³-hybridized carbons (Fsp3) is 0.263. The minimum atomic E-state index is -5.09. The molecule has 1 heterocycles. The van der Waals surface area contributed by atoms with Crippen molar-refractivity contribution < 1.29 is 32.7 Å². The summed E-state index contributed by atoms with van der Waals surface area (Å²) in [5.41, 5.74) is -2.75. The zero-order valence-corrected chi connectivity index (χ0v) is 15.6. The number of benzene rings is 2. The fourth-order valence-electron chi connectivity index (χ4n) is 2.86. The average Bonchev–Trinajstić information content (AvgIpc) is 3.09. The van der Waals surface area contributed by atoms with Gasteiger partial charge in [0.1, 0.15) is 6.61 Å². The summed E-state index contributed by atoms with van der Waals surface area (Å²) < 4.78 is 45.0. The first-order chi connectivity index (χ1) is 14.0. The van der Waals surface area contributed by atoms with Crippen LogP contribution in [0.25, 0.3) is 0 Å². The van der Waals surface area contributed by atoms with Crippen LogP contribution in [0.4, 0.5) is 18.9 Å². The molecule has 30 heavy (non-hydrogen) atoms. The Hall–Kier alpha value is -3.47. The van der Waals surface area contributed by atoms with Crippen LogP contribution in [0.5, 0.6) is 5.75 Å². The normalized spacial score (nSPS) is 18.5. The molecular formula is C19H16F3N3O5. The Morgan fingerprint density at radius 2 is 2.07 bits per heavy atom. The predicted octanol–water partition coefficient (Wildman–Crippen LogP) is 3.56. The number of aryl methyl sites for hydroxylation is 1. The monoisotopic (exact) mass is 423 g/mol. The standard InChI is InChI=1S/C19H16F3N3O5/c1-12-5-6-16(15(9-12)25(28)29)30-11-13-3-2-4-14(10-13)17(26)24-18(27,7-8-23-24)19(20,21)22/h2-6,8-10,27H,7,11H2,1H3/t18-/m1/s1. The van der Waals surface area contributed by atoms with Gasteiger partial charge in [-0.15, -0.1) is 0 Å². The minimum absolute atomic E-state index is 0.00220. The highest BCUT2D eigenvalue weighted by atomic mass is 19.4. The van der Waals surface area contributed by atoms with Crippen LogP contribution in [0.2, 0.25) is 0 Å². The maximum Gasteiger partial charge on any atom is 0.438 e. The molecule has 0 saturated carbocycles. The maximum atomic E-state index is 13.2. The summed E-state index contributed by atoms with van der Waals surface area (Å²) in [5, 5.41) is 24.5. The van der Waals surface area contributed by atoms with E-state index in [1.54, 1.807) is 19.1 Å². The van der Waals surface area contributed by atoms with Crippen LogP contribution in [0.1, 0.15) is 27.9 Å². The van der Waals surface area contributed by atoms with Gasteiger partial charge in [0.2, 0.25) is 0 Å². The van der Waals surface area contributed by atoms with Crippen molar-refractivity contribution in [3.8, 4) is 5.75 Å². The average molecular weight is 423 g/mol. The summed E-state index contributed by atoms with van der Waals surface area (Å²) in [6, 6.07) is 9.91. The Bertz CT molecular complexity index is 1020. The van der Waals surface area contributed by atoms with E-state index in [0.717, 1.165) is 6.21 Å². The number of hydrazone groups is 1. The lowest BCUT2D eigenvalue weighted by Crippen LogP contribution is -2.56. The van der Waals surface area contributed by atoms with Gasteiger partial charge >= 0.3 is 11.9 Å². The van der Waals surface area contributed by atoms with Gasteiger partial charge in [-0.05, 0) is 36.2 Å². The summed E-state index contributed by atoms with van der Waals surface area (Å²) in [6.45, 7) is 1.52. The number of ether oxygens (including phenoxy) is 1. The van der Waals surface area contributed by atoms with E-state index in [1.807, 2.05) is 0 Å². The molecule has 0 radical (unpaired) electrons. The van der Waals surface area contributed by atoms with Crippen LogP contribution in [0.3, 0.4) is 0 Å². The summed E-state index contributed by atoms with van der Waals surface area (Å²) in [5.74, 6) is -1.13. The van der Waals surface area contributed by atoms with E-state index in [0.29, 0.717) is 11.1 Å². The summed E-state index contributed by atoms with van der Waals surface area (Å²) in [7, 11) is 0. The first-order valence-electron chi connectivity index (χ1n) is 8.66. The number of carbonyl (C=O) groups excluding carboxylic acids is 1. The van der Waals surface area contributed by atoms with E-state index in [1.165, 1.54) is 30.3 Å². The Morgan fingerprint density at radius 1 is 1.33 bits per heavy atom. The predicted molar refractivity (Wildman–Crippen MR) is 98.9 cm³/mol. The molecule has 0 saturated heterocycles. The van der Waals surface area contributed by atoms with Crippen LogP contribution in [0, 0.1) is 17.0 Å². The molecule has 11 heteroatoms. The van der Waals surface area contributed by atoms with Crippen molar-refractivity contribution in [1.29, 1.82) is 0 Å². The summed E-state index contributed by atoms with van der Waals surface area (Å²) in [6.07, 6.45) is -5.15. The SMILES string of the molecule is Cc1ccc(OCc2cccc(C(=O)N3N=CC[C@@]3(O)C(F)(F)F)c2)c([N+](=O)[O-])c1. The van der Waals surface area contributed by atoms with Crippen LogP contribution < -0.4 is 4.74 Å². The van der Waals surface area contributed by atoms with E-state index >= 15 is 0 Å². The van der Waals surface area contributed by atoms with E-state index in [4.69, 9.17) is 4.74 Å². The van der Waals surface area contributed by atoms with Gasteiger partial charge in [-0.1, -0.05) is 18.2 Å². The highest BCUT2D eigenvalue weighted by Gasteiger charge is 2.61. The molecule has 0 unspecified atom stereocenters. The van der Waals surface area contributed by atoms with Gasteiger partial charge in [0.25, 0.3) is 11.6 Å². The van der Waals surface area contributed by atoms with Crippen LogP contribution in [0.15, 0.2) is 47.6 Å². The molecule has 1 amide bonds. The van der Waals surface area contributed by atoms with Crippen LogP contribution >= 0.6 is 0 Å². The molecular weight excluding hydrogens is 407 g/mol. The molecule has 0 bridgehead atoms. The second-order valence-electron chi connectivity index (χ2n) is 6.65. The quantitative estimate of drug-likeness (QED) is 0.585. The fourth-order valence-corrected chi connectivity index (χ4v) is 2.86. The number of hydrogen-bond acceptors (Lipinski definition) is 6. The topological polar surface area (TPSA) is 105 Å². The zero-order valence-electron chi connectivity index (χ0n) is 15.6. The highest BCUT2D eigenvalue weighted by molar-refractivity contribution is 5.96. The van der Waals surface area contributed by atoms with E-state index in [-0.39, 0.29) is 28.6 Å². The molecule has 0 aromatic heterocycles. The van der Waals surface area contributed by atoms with Crippen molar-refractivity contribution >= 4 is 17.8 Å². The second-order valence-corrected chi connectivity index (χ2v) is 6.65. The van der Waals surface area contributed by atoms with E-state index < -0.39 is 29.2 Å². The van der Waals surface area contributed by atoms with Gasteiger partial charge in [-0.25, -0.2) is 0 Å². The second kappa shape index (κ2) is 7.75. The third kappa shape index (κ3) is 3.96. The third-order valence-corrected chi connectivity index (χ3v) is 4.45. The van der Waals surface area contributed by atoms with Gasteiger partial charge in [-0.2, -0.15) is 23.3 Å². The number of nitro benzene ring substituents is 1. The smallest absolute Gasteiger partial charge is 0.438 e. The van der Waals surface area contributed by atoms with Crippen molar-refractivity contribution in [2.45, 2.75) is 31.9 Å². The Labute approximate surface area is 168 Å². The Kier molecular flexibility index (Phi) is 5.49. The first kappa shape index (κ1) is 21.2. The molecule has 1 atom stereocenters. The molecule has 8 nitrogen and oxygen atoms in total. The Morgan fingerprint density at radius 3 is 2.73 bits per heavy atom. The largest absolute Gasteiger partial charge is 0.482 e. The molecule has 2 aromatic carbocycles. The first-order valence-corrected chi connectivity index (χ1v) is 8.66. The van der Waals surface area contributed by atoms with Gasteiger partial charge < -0.3 is 9.84 Å². The minimum Gasteiger partial charge on any atom is -0.482 e. The molecule has 1 N–H and O–H groups in total. The number of halogens is 3. The number of amides is 1. The zero-order chi connectivity index (χ0) is 22.1. The number of hydrogen-bond donors (Lipinski definition) is 1. The third-order valence-electron chi connectivity index (χ3n) is 4.45. The number of rotatable bonds is 5. The number of nitro groups is 1. The van der Waals surface area contributed by atoms with Crippen molar-refractivity contribution in [2.75, 3.05) is 0 Å². The lowest BCUT2D eigenvalue weighted by Gasteiger charge is -2.32. The van der Waals surface area contributed by atoms with Crippen molar-refractivity contribution in [1.82, 2.24) is 5.01 Å². The molecule has 0 spiro atoms. The van der Waals surface area contributed by atoms with Crippen LogP contribution in [-0.2, 0) is 6.61 Å². The number of aliphatic hydroxyl groups is 1. The van der Waals surface area contributed by atoms with Crippen molar-refractivity contribution in [2.24, 2.45) is 5.10 Å². The molecule has 0 aliphatic carbocycles. The van der Waals surface area contributed by atoms with Crippen molar-refractivity contribution in [3.63, 3.8) is 0 Å². The number of nitrogens with zero attached hydrogens (tertiary/aromatic N) is 3. The molecule has 1 aliphatic heterocycles. The summed E-state index contributed by atoms with van der Waals surface area (Å²) in [4.78, 5) is 23.1. The number of alkyl halides is 3. The van der Waals surface area contributed by atoms with Gasteiger partial charge in [-0.3, -0.25) is 14.9 Å². The molecule has 3 rings (SSSR count).